The first-order valence-electron chi connectivity index (χ1n) is 5.81. The van der Waals surface area contributed by atoms with E-state index in [0.29, 0.717) is 18.9 Å². The Hall–Kier alpha value is -1.00. The van der Waals surface area contributed by atoms with Crippen molar-refractivity contribution in [2.45, 2.75) is 32.9 Å². The summed E-state index contributed by atoms with van der Waals surface area (Å²) in [7, 11) is 0. The average molecular weight is 243 g/mol. The predicted molar refractivity (Wildman–Crippen MR) is 63.5 cm³/mol. The summed E-state index contributed by atoms with van der Waals surface area (Å²) in [6.07, 6.45) is 0.241. The lowest BCUT2D eigenvalue weighted by atomic mass is 10.1. The van der Waals surface area contributed by atoms with E-state index in [1.807, 2.05) is 13.8 Å². The molecule has 1 aromatic carbocycles. The highest BCUT2D eigenvalue weighted by Crippen LogP contribution is 2.09. The molecule has 0 saturated carbocycles. The average Bonchev–Trinajstić information content (AvgIpc) is 2.22. The molecule has 0 bridgehead atoms. The number of rotatable bonds is 6. The normalized spacial score (nSPS) is 13.1. The SMILES string of the molecule is CC(C)CC(O)CNCc1cc(F)ccc1F. The van der Waals surface area contributed by atoms with Gasteiger partial charge in [0, 0.05) is 18.7 Å². The minimum absolute atomic E-state index is 0.221. The number of hydrogen-bond donors (Lipinski definition) is 2. The largest absolute Gasteiger partial charge is 0.392 e. The Morgan fingerprint density at radius 3 is 2.65 bits per heavy atom. The topological polar surface area (TPSA) is 32.3 Å². The standard InChI is InChI=1S/C13H19F2NO/c1-9(2)5-12(17)8-16-7-10-6-11(14)3-4-13(10)15/h3-4,6,9,12,16-17H,5,7-8H2,1-2H3. The Morgan fingerprint density at radius 1 is 1.29 bits per heavy atom. The summed E-state index contributed by atoms with van der Waals surface area (Å²) >= 11 is 0. The number of benzene rings is 1. The second kappa shape index (κ2) is 6.67. The molecule has 0 amide bonds. The van der Waals surface area contributed by atoms with Crippen LogP contribution >= 0.6 is 0 Å². The lowest BCUT2D eigenvalue weighted by molar-refractivity contribution is 0.146. The molecule has 0 saturated heterocycles. The van der Waals surface area contributed by atoms with E-state index in [9.17, 15) is 13.9 Å². The van der Waals surface area contributed by atoms with Crippen LogP contribution in [0.2, 0.25) is 0 Å². The Labute approximate surface area is 101 Å². The van der Waals surface area contributed by atoms with Gasteiger partial charge in [-0.1, -0.05) is 13.8 Å². The van der Waals surface area contributed by atoms with Crippen LogP contribution in [0.25, 0.3) is 0 Å². The molecule has 2 nitrogen and oxygen atoms in total. The van der Waals surface area contributed by atoms with Gasteiger partial charge < -0.3 is 10.4 Å². The van der Waals surface area contributed by atoms with E-state index < -0.39 is 17.7 Å². The fourth-order valence-corrected chi connectivity index (χ4v) is 1.68. The van der Waals surface area contributed by atoms with Gasteiger partial charge in [-0.15, -0.1) is 0 Å². The van der Waals surface area contributed by atoms with Crippen molar-refractivity contribution in [2.24, 2.45) is 5.92 Å². The zero-order valence-corrected chi connectivity index (χ0v) is 10.2. The maximum absolute atomic E-state index is 13.2. The van der Waals surface area contributed by atoms with Crippen LogP contribution in [0.15, 0.2) is 18.2 Å². The van der Waals surface area contributed by atoms with E-state index >= 15 is 0 Å². The smallest absolute Gasteiger partial charge is 0.127 e. The van der Waals surface area contributed by atoms with Crippen molar-refractivity contribution < 1.29 is 13.9 Å². The third kappa shape index (κ3) is 5.24. The molecule has 0 aliphatic heterocycles. The summed E-state index contributed by atoms with van der Waals surface area (Å²) in [6.45, 7) is 4.65. The van der Waals surface area contributed by atoms with Crippen molar-refractivity contribution in [3.63, 3.8) is 0 Å². The van der Waals surface area contributed by atoms with Gasteiger partial charge in [0.05, 0.1) is 6.10 Å². The summed E-state index contributed by atoms with van der Waals surface area (Å²) in [4.78, 5) is 0. The van der Waals surface area contributed by atoms with E-state index in [1.54, 1.807) is 0 Å². The summed E-state index contributed by atoms with van der Waals surface area (Å²) < 4.78 is 26.1. The Balaban J connectivity index is 2.38. The molecule has 0 aliphatic carbocycles. The fourth-order valence-electron chi connectivity index (χ4n) is 1.68. The van der Waals surface area contributed by atoms with Gasteiger partial charge in [-0.3, -0.25) is 0 Å². The molecular weight excluding hydrogens is 224 g/mol. The van der Waals surface area contributed by atoms with Gasteiger partial charge in [-0.05, 0) is 30.5 Å². The molecule has 96 valence electrons. The van der Waals surface area contributed by atoms with Crippen LogP contribution in [0.5, 0.6) is 0 Å². The number of aliphatic hydroxyl groups is 1. The minimum atomic E-state index is -0.453. The second-order valence-electron chi connectivity index (χ2n) is 4.65. The lowest BCUT2D eigenvalue weighted by Crippen LogP contribution is -2.27. The van der Waals surface area contributed by atoms with E-state index in [0.717, 1.165) is 18.2 Å². The van der Waals surface area contributed by atoms with Crippen molar-refractivity contribution in [1.82, 2.24) is 5.32 Å². The molecule has 0 aromatic heterocycles. The third-order valence-corrected chi connectivity index (χ3v) is 2.45. The van der Waals surface area contributed by atoms with Crippen molar-refractivity contribution in [2.75, 3.05) is 6.54 Å². The zero-order valence-electron chi connectivity index (χ0n) is 10.2. The molecule has 0 spiro atoms. The highest BCUT2D eigenvalue weighted by Gasteiger charge is 2.08. The van der Waals surface area contributed by atoms with Crippen LogP contribution in [-0.4, -0.2) is 17.8 Å². The molecule has 2 N–H and O–H groups in total. The van der Waals surface area contributed by atoms with Gasteiger partial charge in [0.25, 0.3) is 0 Å². The summed E-state index contributed by atoms with van der Waals surface area (Å²) in [5.41, 5.74) is 0.279. The molecule has 1 atom stereocenters. The molecule has 1 unspecified atom stereocenters. The number of hydrogen-bond acceptors (Lipinski definition) is 2. The van der Waals surface area contributed by atoms with Gasteiger partial charge in [0.15, 0.2) is 0 Å². The van der Waals surface area contributed by atoms with Crippen LogP contribution in [-0.2, 0) is 6.54 Å². The first-order chi connectivity index (χ1) is 7.99. The van der Waals surface area contributed by atoms with E-state index in [4.69, 9.17) is 0 Å². The summed E-state index contributed by atoms with van der Waals surface area (Å²) in [5, 5.41) is 12.5. The molecule has 4 heteroatoms. The zero-order chi connectivity index (χ0) is 12.8. The lowest BCUT2D eigenvalue weighted by Gasteiger charge is -2.14. The van der Waals surface area contributed by atoms with Crippen LogP contribution in [0.4, 0.5) is 8.78 Å². The Morgan fingerprint density at radius 2 is 2.00 bits per heavy atom. The van der Waals surface area contributed by atoms with Crippen LogP contribution in [0.3, 0.4) is 0 Å². The van der Waals surface area contributed by atoms with E-state index in [2.05, 4.69) is 5.32 Å². The molecule has 0 radical (unpaired) electrons. The van der Waals surface area contributed by atoms with Crippen molar-refractivity contribution in [3.05, 3.63) is 35.4 Å². The molecule has 0 heterocycles. The number of halogens is 2. The van der Waals surface area contributed by atoms with Gasteiger partial charge in [-0.2, -0.15) is 0 Å². The summed E-state index contributed by atoms with van der Waals surface area (Å²) in [5.74, 6) is -0.471. The van der Waals surface area contributed by atoms with Gasteiger partial charge >= 0.3 is 0 Å². The summed E-state index contributed by atoms with van der Waals surface area (Å²) in [6, 6.07) is 3.36. The maximum Gasteiger partial charge on any atom is 0.127 e. The van der Waals surface area contributed by atoms with Crippen LogP contribution < -0.4 is 5.32 Å². The van der Waals surface area contributed by atoms with Crippen LogP contribution in [0, 0.1) is 17.6 Å². The Kier molecular flexibility index (Phi) is 5.51. The van der Waals surface area contributed by atoms with Gasteiger partial charge in [0.2, 0.25) is 0 Å². The third-order valence-electron chi connectivity index (χ3n) is 2.45. The van der Waals surface area contributed by atoms with Crippen molar-refractivity contribution in [3.8, 4) is 0 Å². The first kappa shape index (κ1) is 14.1. The van der Waals surface area contributed by atoms with Gasteiger partial charge in [-0.25, -0.2) is 8.78 Å². The molecule has 17 heavy (non-hydrogen) atoms. The molecule has 1 rings (SSSR count). The fraction of sp³-hybridized carbons (Fsp3) is 0.538. The van der Waals surface area contributed by atoms with Crippen molar-refractivity contribution in [1.29, 1.82) is 0 Å². The number of nitrogens with one attached hydrogen (secondary N) is 1. The van der Waals surface area contributed by atoms with E-state index in [1.165, 1.54) is 0 Å². The van der Waals surface area contributed by atoms with Crippen LogP contribution in [0.1, 0.15) is 25.8 Å². The molecule has 0 fully saturated rings. The quantitative estimate of drug-likeness (QED) is 0.804. The monoisotopic (exact) mass is 243 g/mol. The molecular formula is C13H19F2NO. The number of aliphatic hydroxyl groups excluding tert-OH is 1. The first-order valence-corrected chi connectivity index (χ1v) is 5.81. The second-order valence-corrected chi connectivity index (χ2v) is 4.65. The molecule has 1 aromatic rings. The van der Waals surface area contributed by atoms with E-state index in [-0.39, 0.29) is 12.1 Å². The highest BCUT2D eigenvalue weighted by atomic mass is 19.1. The van der Waals surface area contributed by atoms with Gasteiger partial charge in [0.1, 0.15) is 11.6 Å². The Bertz CT molecular complexity index is 355. The maximum atomic E-state index is 13.2. The predicted octanol–water partition coefficient (Wildman–Crippen LogP) is 2.46. The molecule has 0 aliphatic rings. The van der Waals surface area contributed by atoms with Crippen molar-refractivity contribution >= 4 is 0 Å². The highest BCUT2D eigenvalue weighted by molar-refractivity contribution is 5.18. The minimum Gasteiger partial charge on any atom is -0.392 e.